The van der Waals surface area contributed by atoms with Crippen molar-refractivity contribution in [1.82, 2.24) is 5.32 Å². The van der Waals surface area contributed by atoms with E-state index in [1.165, 1.54) is 22.3 Å². The molecule has 2 N–H and O–H groups in total. The number of hydrogen-bond donors (Lipinski definition) is 2. The quantitative estimate of drug-likeness (QED) is 0.830. The van der Waals surface area contributed by atoms with Crippen LogP contribution in [0.15, 0.2) is 42.5 Å². The molecule has 0 aromatic heterocycles. The lowest BCUT2D eigenvalue weighted by Crippen LogP contribution is -2.28. The van der Waals surface area contributed by atoms with Crippen LogP contribution in [-0.4, -0.2) is 5.11 Å². The average Bonchev–Trinajstić information content (AvgIpc) is 2.42. The fourth-order valence-electron chi connectivity index (χ4n) is 2.02. The minimum Gasteiger partial charge on any atom is -0.358 e. The van der Waals surface area contributed by atoms with Gasteiger partial charge < -0.3 is 10.6 Å². The Hall–Kier alpha value is -1.87. The van der Waals surface area contributed by atoms with Crippen LogP contribution in [0.3, 0.4) is 0 Å². The summed E-state index contributed by atoms with van der Waals surface area (Å²) in [4.78, 5) is 0. The summed E-state index contributed by atoms with van der Waals surface area (Å²) in [6.45, 7) is 7.00. The predicted molar refractivity (Wildman–Crippen MR) is 90.2 cm³/mol. The maximum atomic E-state index is 5.36. The Labute approximate surface area is 126 Å². The normalized spacial score (nSPS) is 10.2. The van der Waals surface area contributed by atoms with Crippen molar-refractivity contribution in [3.8, 4) is 0 Å². The molecule has 0 unspecified atom stereocenters. The number of benzene rings is 2. The van der Waals surface area contributed by atoms with Crippen LogP contribution in [0, 0.1) is 20.8 Å². The van der Waals surface area contributed by atoms with Crippen molar-refractivity contribution in [2.45, 2.75) is 27.3 Å². The summed E-state index contributed by atoms with van der Waals surface area (Å²) >= 11 is 5.36. The highest BCUT2D eigenvalue weighted by Gasteiger charge is 2.02. The van der Waals surface area contributed by atoms with Gasteiger partial charge in [-0.3, -0.25) is 0 Å². The second kappa shape index (κ2) is 6.53. The molecule has 0 amide bonds. The molecule has 0 fully saturated rings. The zero-order valence-electron chi connectivity index (χ0n) is 12.2. The number of aryl methyl sites for hydroxylation is 3. The first-order valence-electron chi connectivity index (χ1n) is 6.73. The molecule has 0 radical (unpaired) electrons. The zero-order valence-corrected chi connectivity index (χ0v) is 13.0. The first-order valence-corrected chi connectivity index (χ1v) is 7.13. The van der Waals surface area contributed by atoms with Crippen molar-refractivity contribution in [2.75, 3.05) is 5.32 Å². The maximum absolute atomic E-state index is 5.36. The van der Waals surface area contributed by atoms with Gasteiger partial charge in [-0.05, 0) is 61.3 Å². The second-order valence-corrected chi connectivity index (χ2v) is 5.46. The highest BCUT2D eigenvalue weighted by Crippen LogP contribution is 2.16. The van der Waals surface area contributed by atoms with E-state index < -0.39 is 0 Å². The van der Waals surface area contributed by atoms with E-state index in [0.29, 0.717) is 5.11 Å². The van der Waals surface area contributed by atoms with Crippen LogP contribution >= 0.6 is 12.2 Å². The van der Waals surface area contributed by atoms with Gasteiger partial charge in [-0.2, -0.15) is 0 Å². The summed E-state index contributed by atoms with van der Waals surface area (Å²) in [6, 6.07) is 14.6. The van der Waals surface area contributed by atoms with Crippen molar-refractivity contribution >= 4 is 23.0 Å². The summed E-state index contributed by atoms with van der Waals surface area (Å²) in [5.41, 5.74) is 6.01. The van der Waals surface area contributed by atoms with E-state index in [0.717, 1.165) is 12.2 Å². The number of nitrogens with one attached hydrogen (secondary N) is 2. The molecule has 2 aromatic carbocycles. The number of thiocarbonyl (C=S) groups is 1. The third kappa shape index (κ3) is 3.81. The van der Waals surface area contributed by atoms with Gasteiger partial charge in [-0.1, -0.05) is 36.4 Å². The number of rotatable bonds is 3. The van der Waals surface area contributed by atoms with E-state index >= 15 is 0 Å². The van der Waals surface area contributed by atoms with Gasteiger partial charge in [0.05, 0.1) is 0 Å². The van der Waals surface area contributed by atoms with Gasteiger partial charge in [-0.25, -0.2) is 0 Å². The molecule has 2 nitrogen and oxygen atoms in total. The molecular weight excluding hydrogens is 264 g/mol. The van der Waals surface area contributed by atoms with E-state index in [2.05, 4.69) is 61.7 Å². The number of anilines is 1. The largest absolute Gasteiger partial charge is 0.358 e. The molecule has 0 saturated carbocycles. The van der Waals surface area contributed by atoms with Crippen molar-refractivity contribution < 1.29 is 0 Å². The minimum atomic E-state index is 0.655. The van der Waals surface area contributed by atoms with Crippen molar-refractivity contribution in [2.24, 2.45) is 0 Å². The SMILES string of the molecule is Cc1ccc(C)c(NC(=S)NCc2ccccc2C)c1. The molecule has 0 heterocycles. The smallest absolute Gasteiger partial charge is 0.171 e. The molecule has 104 valence electrons. The maximum Gasteiger partial charge on any atom is 0.171 e. The summed E-state index contributed by atoms with van der Waals surface area (Å²) < 4.78 is 0. The van der Waals surface area contributed by atoms with Crippen LogP contribution in [0.5, 0.6) is 0 Å². The molecule has 2 aromatic rings. The van der Waals surface area contributed by atoms with Gasteiger partial charge >= 0.3 is 0 Å². The molecule has 0 bridgehead atoms. The fourth-order valence-corrected chi connectivity index (χ4v) is 2.20. The lowest BCUT2D eigenvalue weighted by Gasteiger charge is -2.14. The molecule has 0 aliphatic heterocycles. The molecule has 20 heavy (non-hydrogen) atoms. The topological polar surface area (TPSA) is 24.1 Å². The molecule has 3 heteroatoms. The average molecular weight is 284 g/mol. The van der Waals surface area contributed by atoms with E-state index in [1.807, 2.05) is 12.1 Å². The molecule has 0 atom stereocenters. The summed E-state index contributed by atoms with van der Waals surface area (Å²) in [7, 11) is 0. The van der Waals surface area contributed by atoms with Crippen LogP contribution in [0.1, 0.15) is 22.3 Å². The van der Waals surface area contributed by atoms with Gasteiger partial charge in [0.25, 0.3) is 0 Å². The Kier molecular flexibility index (Phi) is 4.74. The lowest BCUT2D eigenvalue weighted by atomic mass is 10.1. The van der Waals surface area contributed by atoms with E-state index in [1.54, 1.807) is 0 Å². The summed E-state index contributed by atoms with van der Waals surface area (Å²) in [6.07, 6.45) is 0. The lowest BCUT2D eigenvalue weighted by molar-refractivity contribution is 0.915. The molecule has 2 rings (SSSR count). The van der Waals surface area contributed by atoms with Gasteiger partial charge in [-0.15, -0.1) is 0 Å². The Morgan fingerprint density at radius 2 is 1.75 bits per heavy atom. The minimum absolute atomic E-state index is 0.655. The van der Waals surface area contributed by atoms with Gasteiger partial charge in [0, 0.05) is 12.2 Å². The number of hydrogen-bond acceptors (Lipinski definition) is 1. The van der Waals surface area contributed by atoms with Crippen LogP contribution < -0.4 is 10.6 Å². The molecule has 0 saturated heterocycles. The first kappa shape index (κ1) is 14.5. The van der Waals surface area contributed by atoms with Gasteiger partial charge in [0.1, 0.15) is 0 Å². The molecule has 0 aliphatic carbocycles. The predicted octanol–water partition coefficient (Wildman–Crippen LogP) is 4.10. The van der Waals surface area contributed by atoms with Crippen LogP contribution in [-0.2, 0) is 6.54 Å². The summed E-state index contributed by atoms with van der Waals surface area (Å²) in [5, 5.41) is 7.17. The third-order valence-electron chi connectivity index (χ3n) is 3.34. The Morgan fingerprint density at radius 3 is 2.50 bits per heavy atom. The van der Waals surface area contributed by atoms with E-state index in [9.17, 15) is 0 Å². The highest BCUT2D eigenvalue weighted by atomic mass is 32.1. The Bertz CT molecular complexity index is 620. The van der Waals surface area contributed by atoms with Crippen LogP contribution in [0.2, 0.25) is 0 Å². The second-order valence-electron chi connectivity index (χ2n) is 5.05. The first-order chi connectivity index (χ1) is 9.56. The van der Waals surface area contributed by atoms with E-state index in [-0.39, 0.29) is 0 Å². The molecule has 0 spiro atoms. The van der Waals surface area contributed by atoms with Crippen molar-refractivity contribution in [1.29, 1.82) is 0 Å². The summed E-state index contributed by atoms with van der Waals surface area (Å²) in [5.74, 6) is 0. The Morgan fingerprint density at radius 1 is 1.00 bits per heavy atom. The standard InChI is InChI=1S/C17H20N2S/c1-12-8-9-14(3)16(10-12)19-17(20)18-11-15-7-5-4-6-13(15)2/h4-10H,11H2,1-3H3,(H2,18,19,20). The van der Waals surface area contributed by atoms with Crippen LogP contribution in [0.25, 0.3) is 0 Å². The van der Waals surface area contributed by atoms with Crippen molar-refractivity contribution in [3.63, 3.8) is 0 Å². The Balaban J connectivity index is 1.96. The van der Waals surface area contributed by atoms with Gasteiger partial charge in [0.15, 0.2) is 5.11 Å². The highest BCUT2D eigenvalue weighted by molar-refractivity contribution is 7.80. The van der Waals surface area contributed by atoms with E-state index in [4.69, 9.17) is 12.2 Å². The fraction of sp³-hybridized carbons (Fsp3) is 0.235. The monoisotopic (exact) mass is 284 g/mol. The zero-order chi connectivity index (χ0) is 14.5. The molecule has 0 aliphatic rings. The van der Waals surface area contributed by atoms with Gasteiger partial charge in [0.2, 0.25) is 0 Å². The molecular formula is C17H20N2S. The third-order valence-corrected chi connectivity index (χ3v) is 3.59. The van der Waals surface area contributed by atoms with Crippen LogP contribution in [0.4, 0.5) is 5.69 Å². The van der Waals surface area contributed by atoms with Crippen molar-refractivity contribution in [3.05, 3.63) is 64.7 Å².